The lowest BCUT2D eigenvalue weighted by atomic mass is 10.1. The van der Waals surface area contributed by atoms with Gasteiger partial charge >= 0.3 is 12.8 Å². The number of aromatic nitrogens is 2. The maximum absolute atomic E-state index is 12.2. The summed E-state index contributed by atoms with van der Waals surface area (Å²) < 4.78 is 75.3. The summed E-state index contributed by atoms with van der Waals surface area (Å²) in [7, 11) is 0. The summed E-state index contributed by atoms with van der Waals surface area (Å²) >= 11 is 0. The van der Waals surface area contributed by atoms with Crippen molar-refractivity contribution in [1.82, 2.24) is 10.2 Å². The van der Waals surface area contributed by atoms with E-state index in [4.69, 9.17) is 4.42 Å². The summed E-state index contributed by atoms with van der Waals surface area (Å²) in [5, 5.41) is 7.80. The number of alkyl halides is 5. The van der Waals surface area contributed by atoms with E-state index in [-0.39, 0.29) is 24.1 Å². The second kappa shape index (κ2) is 8.34. The Morgan fingerprint density at radius 1 is 0.929 bits per heavy atom. The molecule has 2 aromatic carbocycles. The van der Waals surface area contributed by atoms with Gasteiger partial charge < -0.3 is 13.9 Å². The van der Waals surface area contributed by atoms with Gasteiger partial charge in [0.15, 0.2) is 0 Å². The number of ether oxygens (including phenoxy) is 2. The van der Waals surface area contributed by atoms with E-state index in [0.717, 1.165) is 0 Å². The molecule has 0 N–H and O–H groups in total. The standard InChI is InChI=1S/C18H13F5N2O3/c19-17(20)27-14-6-4-12(5-7-14)15-24-25-16(28-15)13-3-1-2-11(8-13)9-26-10-18(21,22)23/h1-8,17H,9-10H2. The molecule has 0 aliphatic rings. The molecule has 0 saturated heterocycles. The molecule has 0 radical (unpaired) electrons. The van der Waals surface area contributed by atoms with E-state index >= 15 is 0 Å². The van der Waals surface area contributed by atoms with Crippen LogP contribution in [0.25, 0.3) is 22.9 Å². The fourth-order valence-electron chi connectivity index (χ4n) is 2.31. The highest BCUT2D eigenvalue weighted by molar-refractivity contribution is 5.59. The van der Waals surface area contributed by atoms with Gasteiger partial charge in [-0.3, -0.25) is 0 Å². The third-order valence-corrected chi connectivity index (χ3v) is 3.46. The lowest BCUT2D eigenvalue weighted by Gasteiger charge is -2.08. The summed E-state index contributed by atoms with van der Waals surface area (Å²) in [5.74, 6) is 0.294. The van der Waals surface area contributed by atoms with Crippen molar-refractivity contribution in [3.63, 3.8) is 0 Å². The normalized spacial score (nSPS) is 11.8. The highest BCUT2D eigenvalue weighted by Gasteiger charge is 2.27. The molecule has 3 aromatic rings. The van der Waals surface area contributed by atoms with Crippen LogP contribution in [0.15, 0.2) is 52.9 Å². The van der Waals surface area contributed by atoms with Crippen LogP contribution in [0.1, 0.15) is 5.56 Å². The average molecular weight is 400 g/mol. The van der Waals surface area contributed by atoms with Crippen LogP contribution in [0.3, 0.4) is 0 Å². The van der Waals surface area contributed by atoms with E-state index in [1.807, 2.05) is 0 Å². The van der Waals surface area contributed by atoms with E-state index in [0.29, 0.717) is 16.7 Å². The first-order valence-corrected chi connectivity index (χ1v) is 7.93. The lowest BCUT2D eigenvalue weighted by molar-refractivity contribution is -0.176. The van der Waals surface area contributed by atoms with E-state index in [1.165, 1.54) is 24.3 Å². The Hall–Kier alpha value is -3.01. The van der Waals surface area contributed by atoms with Crippen molar-refractivity contribution < 1.29 is 35.8 Å². The predicted octanol–water partition coefficient (Wildman–Crippen LogP) is 5.08. The molecule has 1 aromatic heterocycles. The Morgan fingerprint density at radius 2 is 1.61 bits per heavy atom. The van der Waals surface area contributed by atoms with Crippen molar-refractivity contribution in [1.29, 1.82) is 0 Å². The van der Waals surface area contributed by atoms with E-state index in [9.17, 15) is 22.0 Å². The van der Waals surface area contributed by atoms with Crippen molar-refractivity contribution in [3.05, 3.63) is 54.1 Å². The number of hydrogen-bond donors (Lipinski definition) is 0. The molecule has 0 bridgehead atoms. The van der Waals surface area contributed by atoms with Gasteiger partial charge in [-0.15, -0.1) is 10.2 Å². The van der Waals surface area contributed by atoms with Crippen LogP contribution in [-0.4, -0.2) is 29.6 Å². The van der Waals surface area contributed by atoms with Crippen LogP contribution in [0.4, 0.5) is 22.0 Å². The van der Waals surface area contributed by atoms with Gasteiger partial charge in [-0.2, -0.15) is 22.0 Å². The van der Waals surface area contributed by atoms with E-state index in [2.05, 4.69) is 19.7 Å². The second-order valence-electron chi connectivity index (χ2n) is 5.62. The molecule has 0 unspecified atom stereocenters. The highest BCUT2D eigenvalue weighted by Crippen LogP contribution is 2.26. The molecule has 0 fully saturated rings. The average Bonchev–Trinajstić information content (AvgIpc) is 3.11. The van der Waals surface area contributed by atoms with Crippen LogP contribution in [0, 0.1) is 0 Å². The van der Waals surface area contributed by atoms with E-state index in [1.54, 1.807) is 24.3 Å². The topological polar surface area (TPSA) is 57.4 Å². The Balaban J connectivity index is 1.70. The van der Waals surface area contributed by atoms with Crippen LogP contribution in [0.2, 0.25) is 0 Å². The molecule has 3 rings (SSSR count). The number of benzene rings is 2. The molecule has 0 aliphatic carbocycles. The second-order valence-corrected chi connectivity index (χ2v) is 5.62. The lowest BCUT2D eigenvalue weighted by Crippen LogP contribution is -2.16. The van der Waals surface area contributed by atoms with Gasteiger partial charge in [-0.05, 0) is 42.0 Å². The van der Waals surface area contributed by atoms with Gasteiger partial charge in [0.1, 0.15) is 12.4 Å². The fraction of sp³-hybridized carbons (Fsp3) is 0.222. The molecule has 0 saturated carbocycles. The minimum atomic E-state index is -4.39. The summed E-state index contributed by atoms with van der Waals surface area (Å²) in [6, 6.07) is 12.1. The first-order chi connectivity index (χ1) is 13.3. The number of halogens is 5. The molecule has 5 nitrogen and oxygen atoms in total. The number of nitrogens with zero attached hydrogens (tertiary/aromatic N) is 2. The smallest absolute Gasteiger partial charge is 0.411 e. The summed E-state index contributed by atoms with van der Waals surface area (Å²) in [4.78, 5) is 0. The summed E-state index contributed by atoms with van der Waals surface area (Å²) in [6.07, 6.45) is -4.39. The molecular formula is C18H13F5N2O3. The SMILES string of the molecule is FC(F)Oc1ccc(-c2nnc(-c3cccc(COCC(F)(F)F)c3)o2)cc1. The molecular weight excluding hydrogens is 387 g/mol. The monoisotopic (exact) mass is 400 g/mol. The largest absolute Gasteiger partial charge is 0.435 e. The maximum Gasteiger partial charge on any atom is 0.411 e. The zero-order valence-electron chi connectivity index (χ0n) is 14.1. The zero-order valence-corrected chi connectivity index (χ0v) is 14.1. The quantitative estimate of drug-likeness (QED) is 0.518. The number of rotatable bonds is 7. The molecule has 0 amide bonds. The summed E-state index contributed by atoms with van der Waals surface area (Å²) in [6.45, 7) is -4.49. The van der Waals surface area contributed by atoms with Gasteiger partial charge in [0.05, 0.1) is 6.61 Å². The fourth-order valence-corrected chi connectivity index (χ4v) is 2.31. The highest BCUT2D eigenvalue weighted by atomic mass is 19.4. The summed E-state index contributed by atoms with van der Waals surface area (Å²) in [5.41, 5.74) is 1.50. The van der Waals surface area contributed by atoms with Gasteiger partial charge in [0.25, 0.3) is 0 Å². The minimum Gasteiger partial charge on any atom is -0.435 e. The molecule has 1 heterocycles. The Labute approximate surface area is 155 Å². The minimum absolute atomic E-state index is 0.00922. The molecule has 0 aliphatic heterocycles. The van der Waals surface area contributed by atoms with Gasteiger partial charge in [-0.1, -0.05) is 12.1 Å². The third kappa shape index (κ3) is 5.49. The van der Waals surface area contributed by atoms with Crippen LogP contribution in [-0.2, 0) is 11.3 Å². The Morgan fingerprint density at radius 3 is 2.25 bits per heavy atom. The van der Waals surface area contributed by atoms with Gasteiger partial charge in [-0.25, -0.2) is 0 Å². The van der Waals surface area contributed by atoms with Crippen LogP contribution < -0.4 is 4.74 Å². The molecule has 28 heavy (non-hydrogen) atoms. The predicted molar refractivity (Wildman–Crippen MR) is 87.5 cm³/mol. The Kier molecular flexibility index (Phi) is 5.88. The third-order valence-electron chi connectivity index (χ3n) is 3.46. The van der Waals surface area contributed by atoms with E-state index < -0.39 is 19.4 Å². The molecule has 10 heteroatoms. The molecule has 0 spiro atoms. The van der Waals surface area contributed by atoms with Crippen molar-refractivity contribution in [2.45, 2.75) is 19.4 Å². The first kappa shape index (κ1) is 19.7. The molecule has 148 valence electrons. The Bertz CT molecular complexity index is 910. The van der Waals surface area contributed by atoms with Gasteiger partial charge in [0, 0.05) is 11.1 Å². The molecule has 0 atom stereocenters. The number of hydrogen-bond acceptors (Lipinski definition) is 5. The zero-order chi connectivity index (χ0) is 20.1. The maximum atomic E-state index is 12.2. The van der Waals surface area contributed by atoms with Crippen molar-refractivity contribution in [3.8, 4) is 28.7 Å². The van der Waals surface area contributed by atoms with Crippen molar-refractivity contribution in [2.75, 3.05) is 6.61 Å². The van der Waals surface area contributed by atoms with Crippen LogP contribution in [0.5, 0.6) is 5.75 Å². The van der Waals surface area contributed by atoms with Gasteiger partial charge in [0.2, 0.25) is 11.8 Å². The first-order valence-electron chi connectivity index (χ1n) is 7.93. The van der Waals surface area contributed by atoms with Crippen molar-refractivity contribution in [2.24, 2.45) is 0 Å². The van der Waals surface area contributed by atoms with Crippen molar-refractivity contribution >= 4 is 0 Å². The van der Waals surface area contributed by atoms with Crippen LogP contribution >= 0.6 is 0 Å².